The third kappa shape index (κ3) is 3.18. The third-order valence-electron chi connectivity index (χ3n) is 4.75. The molecule has 1 N–H and O–H groups in total. The lowest BCUT2D eigenvalue weighted by Gasteiger charge is -2.38. The number of piperazine rings is 1. The van der Waals surface area contributed by atoms with Crippen molar-refractivity contribution in [3.8, 4) is 0 Å². The standard InChI is InChI=1S/C18H24N2OS/c1-13-14(2)20(11-10-19-13)18(21)9-5-6-15-12-22-17-8-4-3-7-16(15)17/h3-4,7-8,12-14,19H,5-6,9-11H2,1-2H3. The van der Waals surface area contributed by atoms with Crippen molar-refractivity contribution in [2.45, 2.75) is 45.2 Å². The highest BCUT2D eigenvalue weighted by Gasteiger charge is 2.27. The van der Waals surface area contributed by atoms with Crippen LogP contribution in [0.15, 0.2) is 29.6 Å². The second kappa shape index (κ2) is 6.80. The van der Waals surface area contributed by atoms with Crippen LogP contribution in [-0.2, 0) is 11.2 Å². The molecule has 118 valence electrons. The maximum absolute atomic E-state index is 12.4. The van der Waals surface area contributed by atoms with Crippen LogP contribution in [0, 0.1) is 0 Å². The second-order valence-electron chi connectivity index (χ2n) is 6.18. The van der Waals surface area contributed by atoms with Gasteiger partial charge in [-0.25, -0.2) is 0 Å². The molecule has 3 rings (SSSR count). The lowest BCUT2D eigenvalue weighted by Crippen LogP contribution is -2.57. The zero-order valence-corrected chi connectivity index (χ0v) is 14.2. The number of benzene rings is 1. The van der Waals surface area contributed by atoms with Gasteiger partial charge in [0.15, 0.2) is 0 Å². The van der Waals surface area contributed by atoms with Crippen LogP contribution >= 0.6 is 11.3 Å². The molecule has 1 saturated heterocycles. The van der Waals surface area contributed by atoms with E-state index in [1.807, 2.05) is 4.90 Å². The van der Waals surface area contributed by atoms with Crippen molar-refractivity contribution in [1.82, 2.24) is 10.2 Å². The first kappa shape index (κ1) is 15.5. The summed E-state index contributed by atoms with van der Waals surface area (Å²) in [5, 5.41) is 7.01. The zero-order chi connectivity index (χ0) is 15.5. The minimum atomic E-state index is 0.295. The summed E-state index contributed by atoms with van der Waals surface area (Å²) in [4.78, 5) is 14.5. The summed E-state index contributed by atoms with van der Waals surface area (Å²) in [5.41, 5.74) is 1.38. The number of rotatable bonds is 4. The molecule has 2 unspecified atom stereocenters. The van der Waals surface area contributed by atoms with Gasteiger partial charge in [-0.3, -0.25) is 4.79 Å². The Hall–Kier alpha value is -1.39. The molecule has 0 aliphatic carbocycles. The van der Waals surface area contributed by atoms with Gasteiger partial charge in [0.25, 0.3) is 0 Å². The Bertz CT molecular complexity index is 651. The molecule has 1 amide bonds. The lowest BCUT2D eigenvalue weighted by atomic mass is 10.0. The second-order valence-corrected chi connectivity index (χ2v) is 7.09. The monoisotopic (exact) mass is 316 g/mol. The number of carbonyl (C=O) groups is 1. The van der Waals surface area contributed by atoms with Gasteiger partial charge >= 0.3 is 0 Å². The van der Waals surface area contributed by atoms with E-state index in [9.17, 15) is 4.79 Å². The number of amides is 1. The fourth-order valence-electron chi connectivity index (χ4n) is 3.21. The van der Waals surface area contributed by atoms with E-state index in [-0.39, 0.29) is 0 Å². The predicted octanol–water partition coefficient (Wildman–Crippen LogP) is 3.43. The van der Waals surface area contributed by atoms with Gasteiger partial charge in [-0.1, -0.05) is 18.2 Å². The van der Waals surface area contributed by atoms with Crippen LogP contribution in [-0.4, -0.2) is 36.0 Å². The van der Waals surface area contributed by atoms with Crippen LogP contribution in [0.2, 0.25) is 0 Å². The molecular formula is C18H24N2OS. The molecule has 0 bridgehead atoms. The van der Waals surface area contributed by atoms with Gasteiger partial charge < -0.3 is 10.2 Å². The molecule has 2 aromatic rings. The molecular weight excluding hydrogens is 292 g/mol. The van der Waals surface area contributed by atoms with Crippen molar-refractivity contribution in [1.29, 1.82) is 0 Å². The Balaban J connectivity index is 1.55. The molecule has 2 heterocycles. The average molecular weight is 316 g/mol. The smallest absolute Gasteiger partial charge is 0.222 e. The van der Waals surface area contributed by atoms with E-state index in [1.54, 1.807) is 11.3 Å². The van der Waals surface area contributed by atoms with Crippen LogP contribution in [0.3, 0.4) is 0 Å². The molecule has 3 nitrogen and oxygen atoms in total. The van der Waals surface area contributed by atoms with E-state index >= 15 is 0 Å². The number of nitrogens with one attached hydrogen (secondary N) is 1. The fraction of sp³-hybridized carbons (Fsp3) is 0.500. The highest BCUT2D eigenvalue weighted by atomic mass is 32.1. The van der Waals surface area contributed by atoms with Gasteiger partial charge in [-0.2, -0.15) is 0 Å². The summed E-state index contributed by atoms with van der Waals surface area (Å²) in [6, 6.07) is 9.20. The Morgan fingerprint density at radius 2 is 2.18 bits per heavy atom. The van der Waals surface area contributed by atoms with Crippen molar-refractivity contribution >= 4 is 27.3 Å². The highest BCUT2D eigenvalue weighted by Crippen LogP contribution is 2.27. The maximum Gasteiger partial charge on any atom is 0.222 e. The molecule has 0 spiro atoms. The van der Waals surface area contributed by atoms with Gasteiger partial charge in [-0.15, -0.1) is 11.3 Å². The van der Waals surface area contributed by atoms with E-state index in [1.165, 1.54) is 15.6 Å². The highest BCUT2D eigenvalue weighted by molar-refractivity contribution is 7.17. The van der Waals surface area contributed by atoms with Crippen LogP contribution < -0.4 is 5.32 Å². The Kier molecular flexibility index (Phi) is 4.79. The number of fused-ring (bicyclic) bond motifs is 1. The summed E-state index contributed by atoms with van der Waals surface area (Å²) in [6.45, 7) is 6.04. The minimum Gasteiger partial charge on any atom is -0.337 e. The Labute approximate surface area is 136 Å². The molecule has 0 radical (unpaired) electrons. The van der Waals surface area contributed by atoms with Crippen LogP contribution in [0.5, 0.6) is 0 Å². The molecule has 1 aromatic carbocycles. The lowest BCUT2D eigenvalue weighted by molar-refractivity contribution is -0.134. The normalized spacial score (nSPS) is 22.2. The van der Waals surface area contributed by atoms with Gasteiger partial charge in [0.1, 0.15) is 0 Å². The van der Waals surface area contributed by atoms with Crippen molar-refractivity contribution < 1.29 is 4.79 Å². The summed E-state index contributed by atoms with van der Waals surface area (Å²) in [7, 11) is 0. The quantitative estimate of drug-likeness (QED) is 0.937. The zero-order valence-electron chi connectivity index (χ0n) is 13.3. The Morgan fingerprint density at radius 3 is 3.05 bits per heavy atom. The van der Waals surface area contributed by atoms with Crippen molar-refractivity contribution in [2.24, 2.45) is 0 Å². The molecule has 22 heavy (non-hydrogen) atoms. The molecule has 1 aliphatic rings. The van der Waals surface area contributed by atoms with Crippen LogP contribution in [0.1, 0.15) is 32.3 Å². The number of aryl methyl sites for hydroxylation is 1. The number of carbonyl (C=O) groups excluding carboxylic acids is 1. The first-order valence-corrected chi connectivity index (χ1v) is 9.03. The summed E-state index contributed by atoms with van der Waals surface area (Å²) in [5.74, 6) is 0.306. The topological polar surface area (TPSA) is 32.3 Å². The van der Waals surface area contributed by atoms with E-state index < -0.39 is 0 Å². The van der Waals surface area contributed by atoms with E-state index in [4.69, 9.17) is 0 Å². The van der Waals surface area contributed by atoms with E-state index in [0.717, 1.165) is 25.9 Å². The maximum atomic E-state index is 12.4. The summed E-state index contributed by atoms with van der Waals surface area (Å²) in [6.07, 6.45) is 2.58. The van der Waals surface area contributed by atoms with Gasteiger partial charge in [0, 0.05) is 36.3 Å². The summed E-state index contributed by atoms with van der Waals surface area (Å²) >= 11 is 1.80. The number of nitrogens with zero attached hydrogens (tertiary/aromatic N) is 1. The molecule has 2 atom stereocenters. The third-order valence-corrected chi connectivity index (χ3v) is 5.76. The van der Waals surface area contributed by atoms with Crippen molar-refractivity contribution in [3.05, 3.63) is 35.2 Å². The molecule has 1 fully saturated rings. The molecule has 1 aliphatic heterocycles. The molecule has 4 heteroatoms. The van der Waals surface area contributed by atoms with Crippen molar-refractivity contribution in [3.63, 3.8) is 0 Å². The van der Waals surface area contributed by atoms with Crippen molar-refractivity contribution in [2.75, 3.05) is 13.1 Å². The van der Waals surface area contributed by atoms with Gasteiger partial charge in [-0.05, 0) is 49.1 Å². The summed E-state index contributed by atoms with van der Waals surface area (Å²) < 4.78 is 1.34. The van der Waals surface area contributed by atoms with Crippen LogP contribution in [0.4, 0.5) is 0 Å². The fourth-order valence-corrected chi connectivity index (χ4v) is 4.21. The first-order chi connectivity index (χ1) is 10.7. The largest absolute Gasteiger partial charge is 0.337 e. The van der Waals surface area contributed by atoms with E-state index in [0.29, 0.717) is 24.4 Å². The Morgan fingerprint density at radius 1 is 1.36 bits per heavy atom. The number of hydrogen-bond acceptors (Lipinski definition) is 3. The predicted molar refractivity (Wildman–Crippen MR) is 93.4 cm³/mol. The van der Waals surface area contributed by atoms with E-state index in [2.05, 4.69) is 48.8 Å². The van der Waals surface area contributed by atoms with Gasteiger partial charge in [0.2, 0.25) is 5.91 Å². The molecule has 1 aromatic heterocycles. The minimum absolute atomic E-state index is 0.295. The average Bonchev–Trinajstić information content (AvgIpc) is 2.93. The van der Waals surface area contributed by atoms with Crippen LogP contribution in [0.25, 0.3) is 10.1 Å². The number of hydrogen-bond donors (Lipinski definition) is 1. The number of thiophene rings is 1. The van der Waals surface area contributed by atoms with Gasteiger partial charge in [0.05, 0.1) is 0 Å². The SMILES string of the molecule is CC1NCCN(C(=O)CCCc2csc3ccccc23)C1C. The first-order valence-electron chi connectivity index (χ1n) is 8.15. The molecule has 0 saturated carbocycles.